The largest absolute Gasteiger partial charge is 0.0615 e. The van der Waals surface area contributed by atoms with E-state index in [9.17, 15) is 0 Å². The maximum atomic E-state index is 2.59. The SMILES string of the molecule is CC(C(C)(C)C)C(C)(C1CCC1)C(C)C(C)(C)C. The fourth-order valence-corrected chi connectivity index (χ4v) is 3.98. The summed E-state index contributed by atoms with van der Waals surface area (Å²) in [6.07, 6.45) is 4.36. The van der Waals surface area contributed by atoms with Crippen molar-refractivity contribution in [2.45, 2.75) is 81.6 Å². The smallest absolute Gasteiger partial charge is 0.0236 e. The van der Waals surface area contributed by atoms with Gasteiger partial charge in [0.15, 0.2) is 0 Å². The average Bonchev–Trinajstić information content (AvgIpc) is 2.09. The molecule has 0 aromatic rings. The van der Waals surface area contributed by atoms with E-state index in [1.54, 1.807) is 0 Å². The molecule has 0 amide bonds. The first-order chi connectivity index (χ1) is 7.91. The van der Waals surface area contributed by atoms with Gasteiger partial charge in [-0.25, -0.2) is 0 Å². The van der Waals surface area contributed by atoms with Gasteiger partial charge in [-0.05, 0) is 46.8 Å². The Hall–Kier alpha value is 0. The highest BCUT2D eigenvalue weighted by Crippen LogP contribution is 2.59. The molecule has 18 heavy (non-hydrogen) atoms. The first-order valence-corrected chi connectivity index (χ1v) is 7.91. The van der Waals surface area contributed by atoms with E-state index in [-0.39, 0.29) is 0 Å². The van der Waals surface area contributed by atoms with Crippen LogP contribution in [0.4, 0.5) is 0 Å². The summed E-state index contributed by atoms with van der Waals surface area (Å²) in [5.74, 6) is 2.48. The van der Waals surface area contributed by atoms with Crippen LogP contribution in [0.3, 0.4) is 0 Å². The van der Waals surface area contributed by atoms with Gasteiger partial charge in [0.2, 0.25) is 0 Å². The van der Waals surface area contributed by atoms with Crippen LogP contribution in [0.15, 0.2) is 0 Å². The van der Waals surface area contributed by atoms with E-state index in [1.807, 2.05) is 0 Å². The van der Waals surface area contributed by atoms with Crippen molar-refractivity contribution in [2.75, 3.05) is 0 Å². The molecule has 0 radical (unpaired) electrons. The monoisotopic (exact) mass is 252 g/mol. The molecule has 0 spiro atoms. The summed E-state index contributed by atoms with van der Waals surface area (Å²) in [7, 11) is 0. The minimum absolute atomic E-state index is 0.407. The Morgan fingerprint density at radius 3 is 1.22 bits per heavy atom. The van der Waals surface area contributed by atoms with Gasteiger partial charge in [-0.1, -0.05) is 68.7 Å². The summed E-state index contributed by atoms with van der Waals surface area (Å²) >= 11 is 0. The number of hydrogen-bond acceptors (Lipinski definition) is 0. The summed E-state index contributed by atoms with van der Waals surface area (Å²) in [4.78, 5) is 0. The normalized spacial score (nSPS) is 25.2. The lowest BCUT2D eigenvalue weighted by atomic mass is 9.48. The zero-order chi connectivity index (χ0) is 14.4. The zero-order valence-electron chi connectivity index (χ0n) is 14.4. The van der Waals surface area contributed by atoms with Crippen molar-refractivity contribution in [1.29, 1.82) is 0 Å². The molecule has 2 atom stereocenters. The maximum absolute atomic E-state index is 2.59. The third kappa shape index (κ3) is 2.78. The molecule has 1 aliphatic rings. The lowest BCUT2D eigenvalue weighted by Gasteiger charge is -2.57. The second kappa shape index (κ2) is 4.84. The Morgan fingerprint density at radius 2 is 1.06 bits per heavy atom. The lowest BCUT2D eigenvalue weighted by molar-refractivity contribution is -0.0852. The summed E-state index contributed by atoms with van der Waals surface area (Å²) < 4.78 is 0. The molecular formula is C18H36. The quantitative estimate of drug-likeness (QED) is 0.564. The molecule has 0 aromatic heterocycles. The van der Waals surface area contributed by atoms with Gasteiger partial charge in [0.1, 0.15) is 0 Å². The Balaban J connectivity index is 3.10. The minimum Gasteiger partial charge on any atom is -0.0615 e. The molecule has 0 bridgehead atoms. The lowest BCUT2D eigenvalue weighted by Crippen LogP contribution is -2.50. The van der Waals surface area contributed by atoms with Crippen molar-refractivity contribution in [1.82, 2.24) is 0 Å². The second-order valence-corrected chi connectivity index (χ2v) is 9.17. The van der Waals surface area contributed by atoms with Gasteiger partial charge in [0.05, 0.1) is 0 Å². The van der Waals surface area contributed by atoms with Crippen LogP contribution in [0, 0.1) is 34.0 Å². The highest BCUT2D eigenvalue weighted by atomic mass is 14.6. The Labute approximate surface area is 116 Å². The molecule has 0 heteroatoms. The van der Waals surface area contributed by atoms with Crippen LogP contribution >= 0.6 is 0 Å². The van der Waals surface area contributed by atoms with Crippen LogP contribution in [-0.2, 0) is 0 Å². The van der Waals surface area contributed by atoms with Gasteiger partial charge in [-0.3, -0.25) is 0 Å². The number of hydrogen-bond donors (Lipinski definition) is 0. The highest BCUT2D eigenvalue weighted by molar-refractivity contribution is 5.00. The predicted octanol–water partition coefficient (Wildman–Crippen LogP) is 6.16. The first kappa shape index (κ1) is 16.1. The molecule has 1 rings (SSSR count). The Morgan fingerprint density at radius 1 is 0.722 bits per heavy atom. The van der Waals surface area contributed by atoms with Crippen molar-refractivity contribution in [3.8, 4) is 0 Å². The second-order valence-electron chi connectivity index (χ2n) is 9.17. The molecule has 108 valence electrons. The van der Waals surface area contributed by atoms with E-state index < -0.39 is 0 Å². The Kier molecular flexibility index (Phi) is 4.31. The van der Waals surface area contributed by atoms with E-state index in [0.717, 1.165) is 17.8 Å². The third-order valence-corrected chi connectivity index (χ3v) is 6.45. The molecule has 1 saturated carbocycles. The fourth-order valence-electron chi connectivity index (χ4n) is 3.98. The molecule has 1 fully saturated rings. The van der Waals surface area contributed by atoms with Crippen molar-refractivity contribution in [3.05, 3.63) is 0 Å². The van der Waals surface area contributed by atoms with Crippen molar-refractivity contribution in [2.24, 2.45) is 34.0 Å². The number of rotatable bonds is 3. The van der Waals surface area contributed by atoms with Gasteiger partial charge in [-0.2, -0.15) is 0 Å². The summed E-state index contributed by atoms with van der Waals surface area (Å²) in [6, 6.07) is 0. The summed E-state index contributed by atoms with van der Waals surface area (Å²) in [6.45, 7) is 22.1. The van der Waals surface area contributed by atoms with Crippen LogP contribution < -0.4 is 0 Å². The molecular weight excluding hydrogens is 216 g/mol. The highest BCUT2D eigenvalue weighted by Gasteiger charge is 2.51. The van der Waals surface area contributed by atoms with Crippen molar-refractivity contribution < 1.29 is 0 Å². The minimum atomic E-state index is 0.407. The molecule has 0 heterocycles. The van der Waals surface area contributed by atoms with Crippen LogP contribution in [-0.4, -0.2) is 0 Å². The van der Waals surface area contributed by atoms with Crippen molar-refractivity contribution in [3.63, 3.8) is 0 Å². The van der Waals surface area contributed by atoms with Gasteiger partial charge in [0.25, 0.3) is 0 Å². The molecule has 0 aromatic carbocycles. The summed E-state index contributed by atoms with van der Waals surface area (Å²) in [5.41, 5.74) is 1.29. The predicted molar refractivity (Wildman–Crippen MR) is 82.7 cm³/mol. The van der Waals surface area contributed by atoms with E-state index in [4.69, 9.17) is 0 Å². The van der Waals surface area contributed by atoms with Crippen LogP contribution in [0.2, 0.25) is 0 Å². The van der Waals surface area contributed by atoms with E-state index >= 15 is 0 Å². The molecule has 0 N–H and O–H groups in total. The standard InChI is InChI=1S/C18H36/c1-13(16(3,4)5)18(9,15-11-10-12-15)14(2)17(6,7)8/h13-15H,10-12H2,1-9H3. The Bertz CT molecular complexity index is 249. The first-order valence-electron chi connectivity index (χ1n) is 7.91. The maximum Gasteiger partial charge on any atom is -0.0236 e. The fraction of sp³-hybridized carbons (Fsp3) is 1.00. The molecule has 0 saturated heterocycles. The van der Waals surface area contributed by atoms with Gasteiger partial charge in [-0.15, -0.1) is 0 Å². The van der Waals surface area contributed by atoms with Gasteiger partial charge < -0.3 is 0 Å². The third-order valence-electron chi connectivity index (χ3n) is 6.45. The van der Waals surface area contributed by atoms with E-state index in [2.05, 4.69) is 62.3 Å². The van der Waals surface area contributed by atoms with Crippen LogP contribution in [0.5, 0.6) is 0 Å². The average molecular weight is 252 g/mol. The molecule has 0 aliphatic heterocycles. The molecule has 1 aliphatic carbocycles. The van der Waals surface area contributed by atoms with Crippen molar-refractivity contribution >= 4 is 0 Å². The van der Waals surface area contributed by atoms with Gasteiger partial charge in [0, 0.05) is 0 Å². The summed E-state index contributed by atoms with van der Waals surface area (Å²) in [5, 5.41) is 0. The zero-order valence-corrected chi connectivity index (χ0v) is 14.4. The van der Waals surface area contributed by atoms with Gasteiger partial charge >= 0.3 is 0 Å². The van der Waals surface area contributed by atoms with E-state index in [1.165, 1.54) is 19.3 Å². The van der Waals surface area contributed by atoms with Crippen LogP contribution in [0.25, 0.3) is 0 Å². The topological polar surface area (TPSA) is 0 Å². The van der Waals surface area contributed by atoms with Crippen LogP contribution in [0.1, 0.15) is 81.6 Å². The molecule has 0 nitrogen and oxygen atoms in total. The molecule has 2 unspecified atom stereocenters. The van der Waals surface area contributed by atoms with E-state index in [0.29, 0.717) is 16.2 Å².